The Morgan fingerprint density at radius 2 is 2.04 bits per heavy atom. The molecular formula is C16H22ClN2O4P. The van der Waals surface area contributed by atoms with Crippen molar-refractivity contribution in [1.82, 2.24) is 5.09 Å². The lowest BCUT2D eigenvalue weighted by Gasteiger charge is -2.35. The zero-order chi connectivity index (χ0) is 17.2. The molecule has 1 aliphatic carbocycles. The summed E-state index contributed by atoms with van der Waals surface area (Å²) in [7, 11) is -3.25. The highest BCUT2D eigenvalue weighted by Gasteiger charge is 2.40. The van der Waals surface area contributed by atoms with Crippen molar-refractivity contribution >= 4 is 25.6 Å². The number of phenols is 1. The Morgan fingerprint density at radius 3 is 2.71 bits per heavy atom. The third kappa shape index (κ3) is 4.38. The number of halogens is 1. The maximum atomic E-state index is 12.6. The summed E-state index contributed by atoms with van der Waals surface area (Å²) in [5, 5.41) is 13.4. The number of aromatic hydroxyl groups is 1. The Bertz CT molecular complexity index is 664. The second-order valence-corrected chi connectivity index (χ2v) is 8.82. The van der Waals surface area contributed by atoms with Crippen LogP contribution in [0.5, 0.6) is 5.75 Å². The van der Waals surface area contributed by atoms with Gasteiger partial charge in [0.05, 0.1) is 13.2 Å². The van der Waals surface area contributed by atoms with Crippen LogP contribution in [-0.4, -0.2) is 36.1 Å². The lowest BCUT2D eigenvalue weighted by Crippen LogP contribution is -2.41. The molecule has 0 bridgehead atoms. The largest absolute Gasteiger partial charge is 0.507 e. The fourth-order valence-electron chi connectivity index (χ4n) is 2.81. The van der Waals surface area contributed by atoms with Gasteiger partial charge in [0.1, 0.15) is 11.3 Å². The SMILES string of the molecule is CC1(N=Cc2cc(Cl)ccc2O)COP(=O)(NC2CCCC2)OC1. The first-order valence-corrected chi connectivity index (χ1v) is 10.0. The summed E-state index contributed by atoms with van der Waals surface area (Å²) in [5.74, 6) is 0.0953. The van der Waals surface area contributed by atoms with E-state index in [0.29, 0.717) is 10.6 Å². The number of rotatable bonds is 4. The van der Waals surface area contributed by atoms with E-state index < -0.39 is 13.3 Å². The zero-order valence-corrected chi connectivity index (χ0v) is 15.2. The van der Waals surface area contributed by atoms with Gasteiger partial charge in [-0.2, -0.15) is 0 Å². The molecule has 1 heterocycles. The quantitative estimate of drug-likeness (QED) is 0.618. The second kappa shape index (κ2) is 7.14. The maximum absolute atomic E-state index is 12.6. The van der Waals surface area contributed by atoms with Crippen molar-refractivity contribution in [3.63, 3.8) is 0 Å². The van der Waals surface area contributed by atoms with Gasteiger partial charge in [-0.05, 0) is 38.0 Å². The van der Waals surface area contributed by atoms with Crippen molar-refractivity contribution in [2.75, 3.05) is 13.2 Å². The van der Waals surface area contributed by atoms with Gasteiger partial charge in [0, 0.05) is 22.8 Å². The summed E-state index contributed by atoms with van der Waals surface area (Å²) in [4.78, 5) is 4.44. The van der Waals surface area contributed by atoms with Crippen LogP contribution in [0.1, 0.15) is 38.2 Å². The second-order valence-electron chi connectivity index (χ2n) is 6.61. The molecule has 2 fully saturated rings. The Morgan fingerprint density at radius 1 is 1.38 bits per heavy atom. The highest BCUT2D eigenvalue weighted by molar-refractivity contribution is 7.51. The predicted octanol–water partition coefficient (Wildman–Crippen LogP) is 3.91. The van der Waals surface area contributed by atoms with Crippen LogP contribution in [0.25, 0.3) is 0 Å². The van der Waals surface area contributed by atoms with E-state index in [-0.39, 0.29) is 25.0 Å². The number of hydrogen-bond donors (Lipinski definition) is 2. The molecule has 1 aromatic rings. The van der Waals surface area contributed by atoms with Crippen LogP contribution < -0.4 is 5.09 Å². The highest BCUT2D eigenvalue weighted by atomic mass is 35.5. The van der Waals surface area contributed by atoms with Gasteiger partial charge in [-0.1, -0.05) is 24.4 Å². The van der Waals surface area contributed by atoms with Crippen LogP contribution in [-0.2, 0) is 13.6 Å². The minimum absolute atomic E-state index is 0.0953. The van der Waals surface area contributed by atoms with Crippen LogP contribution >= 0.6 is 19.3 Å². The molecule has 3 rings (SSSR count). The average Bonchev–Trinajstić information content (AvgIpc) is 3.05. The highest BCUT2D eigenvalue weighted by Crippen LogP contribution is 2.50. The monoisotopic (exact) mass is 372 g/mol. The fourth-order valence-corrected chi connectivity index (χ4v) is 4.81. The molecule has 24 heavy (non-hydrogen) atoms. The molecule has 0 radical (unpaired) electrons. The van der Waals surface area contributed by atoms with E-state index in [0.717, 1.165) is 25.7 Å². The van der Waals surface area contributed by atoms with Crippen LogP contribution in [0.15, 0.2) is 23.2 Å². The standard InChI is InChI=1S/C16H22ClN2O4P/c1-16(18-9-12-8-13(17)6-7-15(12)20)10-22-24(21,23-11-16)19-14-4-2-3-5-14/h6-9,14,20H,2-5,10-11H2,1H3,(H,19,21). The third-order valence-electron chi connectivity index (χ3n) is 4.29. The Labute approximate surface area is 146 Å². The summed E-state index contributed by atoms with van der Waals surface area (Å²) in [5.41, 5.74) is -0.151. The van der Waals surface area contributed by atoms with Crippen LogP contribution in [0, 0.1) is 0 Å². The molecule has 6 nitrogen and oxygen atoms in total. The minimum atomic E-state index is -3.25. The summed E-state index contributed by atoms with van der Waals surface area (Å²) >= 11 is 5.92. The number of nitrogens with one attached hydrogen (secondary N) is 1. The number of phenolic OH excluding ortho intramolecular Hbond substituents is 1. The predicted molar refractivity (Wildman–Crippen MR) is 94.0 cm³/mol. The van der Waals surface area contributed by atoms with Gasteiger partial charge in [-0.15, -0.1) is 0 Å². The number of nitrogens with zero attached hydrogens (tertiary/aromatic N) is 1. The van der Waals surface area contributed by atoms with Gasteiger partial charge >= 0.3 is 7.75 Å². The van der Waals surface area contributed by atoms with E-state index in [1.807, 2.05) is 6.92 Å². The van der Waals surface area contributed by atoms with Crippen molar-refractivity contribution < 1.29 is 18.7 Å². The molecule has 0 spiro atoms. The third-order valence-corrected chi connectivity index (χ3v) is 6.15. The normalized spacial score (nSPS) is 31.8. The lowest BCUT2D eigenvalue weighted by molar-refractivity contribution is 0.0756. The summed E-state index contributed by atoms with van der Waals surface area (Å²) in [6.45, 7) is 2.22. The van der Waals surface area contributed by atoms with Gasteiger partial charge < -0.3 is 5.11 Å². The molecule has 132 valence electrons. The summed E-state index contributed by atoms with van der Waals surface area (Å²) < 4.78 is 23.6. The van der Waals surface area contributed by atoms with E-state index >= 15 is 0 Å². The average molecular weight is 373 g/mol. The van der Waals surface area contributed by atoms with E-state index in [2.05, 4.69) is 10.1 Å². The smallest absolute Gasteiger partial charge is 0.405 e. The molecular weight excluding hydrogens is 351 g/mol. The molecule has 0 amide bonds. The first-order chi connectivity index (χ1) is 11.4. The van der Waals surface area contributed by atoms with Crippen molar-refractivity contribution in [3.05, 3.63) is 28.8 Å². The van der Waals surface area contributed by atoms with Crippen LogP contribution in [0.4, 0.5) is 0 Å². The van der Waals surface area contributed by atoms with Crippen molar-refractivity contribution in [1.29, 1.82) is 0 Å². The molecule has 1 saturated carbocycles. The molecule has 1 saturated heterocycles. The van der Waals surface area contributed by atoms with Crippen LogP contribution in [0.3, 0.4) is 0 Å². The van der Waals surface area contributed by atoms with Crippen molar-refractivity contribution in [2.24, 2.45) is 4.99 Å². The van der Waals surface area contributed by atoms with E-state index in [1.165, 1.54) is 12.3 Å². The topological polar surface area (TPSA) is 80.2 Å². The molecule has 1 aromatic carbocycles. The molecule has 1 aliphatic heterocycles. The summed E-state index contributed by atoms with van der Waals surface area (Å²) in [6.07, 6.45) is 5.82. The first-order valence-electron chi connectivity index (χ1n) is 8.08. The Hall–Kier alpha value is -0.910. The van der Waals surface area contributed by atoms with E-state index in [9.17, 15) is 9.67 Å². The Kier molecular flexibility index (Phi) is 5.33. The summed E-state index contributed by atoms with van der Waals surface area (Å²) in [6, 6.07) is 4.95. The van der Waals surface area contributed by atoms with Gasteiger partial charge in [-0.25, -0.2) is 9.65 Å². The Balaban J connectivity index is 1.62. The van der Waals surface area contributed by atoms with E-state index in [4.69, 9.17) is 20.6 Å². The molecule has 8 heteroatoms. The van der Waals surface area contributed by atoms with Gasteiger partial charge in [0.25, 0.3) is 0 Å². The van der Waals surface area contributed by atoms with Gasteiger partial charge in [0.2, 0.25) is 0 Å². The molecule has 2 aliphatic rings. The number of aliphatic imine (C=N–C) groups is 1. The first kappa shape index (κ1) is 17.9. The lowest BCUT2D eigenvalue weighted by atomic mass is 10.1. The molecule has 2 N–H and O–H groups in total. The van der Waals surface area contributed by atoms with Crippen LogP contribution in [0.2, 0.25) is 5.02 Å². The van der Waals surface area contributed by atoms with Gasteiger partial charge in [0.15, 0.2) is 0 Å². The number of benzene rings is 1. The van der Waals surface area contributed by atoms with Crippen molar-refractivity contribution in [2.45, 2.75) is 44.2 Å². The fraction of sp³-hybridized carbons (Fsp3) is 0.562. The number of hydrogen-bond acceptors (Lipinski definition) is 5. The molecule has 0 unspecified atom stereocenters. The molecule has 0 aromatic heterocycles. The minimum Gasteiger partial charge on any atom is -0.507 e. The zero-order valence-electron chi connectivity index (χ0n) is 13.6. The molecule has 0 atom stereocenters. The maximum Gasteiger partial charge on any atom is 0.405 e. The van der Waals surface area contributed by atoms with Crippen molar-refractivity contribution in [3.8, 4) is 5.75 Å². The van der Waals surface area contributed by atoms with Gasteiger partial charge in [-0.3, -0.25) is 14.0 Å². The van der Waals surface area contributed by atoms with E-state index in [1.54, 1.807) is 12.1 Å².